The molecular weight excluding hydrogens is 330 g/mol. The van der Waals surface area contributed by atoms with E-state index in [2.05, 4.69) is 0 Å². The van der Waals surface area contributed by atoms with Gasteiger partial charge in [0.2, 0.25) is 0 Å². The van der Waals surface area contributed by atoms with Gasteiger partial charge in [0.1, 0.15) is 11.2 Å². The van der Waals surface area contributed by atoms with E-state index in [0.717, 1.165) is 10.9 Å². The van der Waals surface area contributed by atoms with Gasteiger partial charge < -0.3 is 14.1 Å². The van der Waals surface area contributed by atoms with Crippen LogP contribution in [-0.4, -0.2) is 29.9 Å². The molecule has 1 aromatic heterocycles. The van der Waals surface area contributed by atoms with Crippen molar-refractivity contribution in [2.24, 2.45) is 0 Å². The van der Waals surface area contributed by atoms with E-state index in [1.165, 1.54) is 0 Å². The molecule has 0 saturated carbocycles. The SMILES string of the molecule is O=C1OC2(CCN(C(=O)c3cc4ccccc4o3)CC2)c2ccccc21. The van der Waals surface area contributed by atoms with Gasteiger partial charge in [-0.1, -0.05) is 36.4 Å². The number of esters is 1. The van der Waals surface area contributed by atoms with E-state index >= 15 is 0 Å². The first kappa shape index (κ1) is 15.2. The smallest absolute Gasteiger partial charge is 0.339 e. The average Bonchev–Trinajstić information content (AvgIpc) is 3.22. The lowest BCUT2D eigenvalue weighted by molar-refractivity contribution is -0.0392. The standard InChI is InChI=1S/C21H17NO4/c23-19(18-13-14-5-1-4-8-17(14)25-18)22-11-9-21(10-12-22)16-7-3-2-6-15(16)20(24)26-21/h1-8,13H,9-12H2. The summed E-state index contributed by atoms with van der Waals surface area (Å²) in [5.74, 6) is -0.0303. The first-order valence-electron chi connectivity index (χ1n) is 8.77. The zero-order valence-electron chi connectivity index (χ0n) is 14.1. The molecule has 3 aromatic rings. The maximum absolute atomic E-state index is 12.8. The summed E-state index contributed by atoms with van der Waals surface area (Å²) in [6, 6.07) is 16.9. The number of ether oxygens (including phenoxy) is 1. The molecule has 2 aliphatic heterocycles. The summed E-state index contributed by atoms with van der Waals surface area (Å²) in [5.41, 5.74) is 1.70. The third-order valence-corrected chi connectivity index (χ3v) is 5.42. The molecule has 0 radical (unpaired) electrons. The van der Waals surface area contributed by atoms with Gasteiger partial charge in [0.05, 0.1) is 5.56 Å². The van der Waals surface area contributed by atoms with E-state index < -0.39 is 5.60 Å². The number of amides is 1. The zero-order valence-corrected chi connectivity index (χ0v) is 14.1. The van der Waals surface area contributed by atoms with Crippen molar-refractivity contribution in [3.05, 3.63) is 71.5 Å². The Bertz CT molecular complexity index is 994. The van der Waals surface area contributed by atoms with Gasteiger partial charge in [-0.25, -0.2) is 4.79 Å². The molecule has 1 fully saturated rings. The lowest BCUT2D eigenvalue weighted by atomic mass is 9.84. The molecule has 0 unspecified atom stereocenters. The molecule has 2 aromatic carbocycles. The summed E-state index contributed by atoms with van der Waals surface area (Å²) in [7, 11) is 0. The molecule has 0 aliphatic carbocycles. The van der Waals surface area contributed by atoms with Crippen molar-refractivity contribution in [2.45, 2.75) is 18.4 Å². The Morgan fingerprint density at radius 2 is 1.73 bits per heavy atom. The van der Waals surface area contributed by atoms with Crippen LogP contribution in [0.3, 0.4) is 0 Å². The van der Waals surface area contributed by atoms with Crippen LogP contribution < -0.4 is 0 Å². The predicted octanol–water partition coefficient (Wildman–Crippen LogP) is 3.73. The number of likely N-dealkylation sites (tertiary alicyclic amines) is 1. The van der Waals surface area contributed by atoms with Gasteiger partial charge in [-0.05, 0) is 18.2 Å². The number of para-hydroxylation sites is 1. The molecule has 3 heterocycles. The van der Waals surface area contributed by atoms with Gasteiger partial charge in [0, 0.05) is 36.9 Å². The Labute approximate surface area is 150 Å². The summed E-state index contributed by atoms with van der Waals surface area (Å²) < 4.78 is 11.4. The third-order valence-electron chi connectivity index (χ3n) is 5.42. The zero-order chi connectivity index (χ0) is 17.7. The Hall–Kier alpha value is -3.08. The number of carbonyl (C=O) groups is 2. The quantitative estimate of drug-likeness (QED) is 0.629. The molecule has 0 bridgehead atoms. The second kappa shape index (κ2) is 5.46. The van der Waals surface area contributed by atoms with Crippen LogP contribution in [0, 0.1) is 0 Å². The molecule has 5 rings (SSSR count). The number of nitrogens with zero attached hydrogens (tertiary/aromatic N) is 1. The van der Waals surface area contributed by atoms with Crippen LogP contribution >= 0.6 is 0 Å². The van der Waals surface area contributed by atoms with Gasteiger partial charge in [0.15, 0.2) is 5.76 Å². The number of fused-ring (bicyclic) bond motifs is 3. The normalized spacial score (nSPS) is 18.2. The molecular formula is C21H17NO4. The minimum atomic E-state index is -0.599. The number of carbonyl (C=O) groups excluding carboxylic acids is 2. The van der Waals surface area contributed by atoms with Gasteiger partial charge in [0.25, 0.3) is 5.91 Å². The van der Waals surface area contributed by atoms with E-state index in [0.29, 0.717) is 42.8 Å². The first-order valence-corrected chi connectivity index (χ1v) is 8.77. The molecule has 0 atom stereocenters. The predicted molar refractivity (Wildman–Crippen MR) is 94.9 cm³/mol. The van der Waals surface area contributed by atoms with Crippen LogP contribution in [0.4, 0.5) is 0 Å². The van der Waals surface area contributed by atoms with Gasteiger partial charge >= 0.3 is 5.97 Å². The summed E-state index contributed by atoms with van der Waals surface area (Å²) >= 11 is 0. The highest BCUT2D eigenvalue weighted by molar-refractivity contribution is 5.97. The number of furan rings is 1. The van der Waals surface area contributed by atoms with Crippen LogP contribution in [0.2, 0.25) is 0 Å². The molecule has 2 aliphatic rings. The molecule has 1 amide bonds. The number of piperidine rings is 1. The maximum atomic E-state index is 12.8. The van der Waals surface area contributed by atoms with Crippen LogP contribution in [0.15, 0.2) is 59.0 Å². The van der Waals surface area contributed by atoms with Crippen LogP contribution in [0.5, 0.6) is 0 Å². The second-order valence-corrected chi connectivity index (χ2v) is 6.87. The second-order valence-electron chi connectivity index (χ2n) is 6.87. The van der Waals surface area contributed by atoms with Crippen LogP contribution in [0.1, 0.15) is 39.3 Å². The summed E-state index contributed by atoms with van der Waals surface area (Å²) in [5, 5.41) is 0.919. The van der Waals surface area contributed by atoms with E-state index in [-0.39, 0.29) is 11.9 Å². The van der Waals surface area contributed by atoms with Gasteiger partial charge in [-0.3, -0.25) is 4.79 Å². The molecule has 5 heteroatoms. The third kappa shape index (κ3) is 2.17. The summed E-state index contributed by atoms with van der Waals surface area (Å²) in [6.07, 6.45) is 1.20. The summed E-state index contributed by atoms with van der Waals surface area (Å²) in [6.45, 7) is 1.05. The number of hydrogen-bond donors (Lipinski definition) is 0. The van der Waals surface area contributed by atoms with Crippen molar-refractivity contribution < 1.29 is 18.7 Å². The van der Waals surface area contributed by atoms with Crippen molar-refractivity contribution in [1.29, 1.82) is 0 Å². The van der Waals surface area contributed by atoms with Crippen molar-refractivity contribution in [3.8, 4) is 0 Å². The number of benzene rings is 2. The van der Waals surface area contributed by atoms with Crippen molar-refractivity contribution in [3.63, 3.8) is 0 Å². The van der Waals surface area contributed by atoms with E-state index in [4.69, 9.17) is 9.15 Å². The van der Waals surface area contributed by atoms with Crippen molar-refractivity contribution in [1.82, 2.24) is 4.90 Å². The fourth-order valence-electron chi connectivity index (χ4n) is 4.03. The number of hydrogen-bond acceptors (Lipinski definition) is 4. The van der Waals surface area contributed by atoms with Gasteiger partial charge in [-0.15, -0.1) is 0 Å². The van der Waals surface area contributed by atoms with Crippen LogP contribution in [0.25, 0.3) is 11.0 Å². The average molecular weight is 347 g/mol. The Kier molecular flexibility index (Phi) is 3.19. The maximum Gasteiger partial charge on any atom is 0.339 e. The Morgan fingerprint density at radius 1 is 1.00 bits per heavy atom. The molecule has 1 spiro atoms. The first-order chi connectivity index (χ1) is 12.7. The molecule has 0 N–H and O–H groups in total. The van der Waals surface area contributed by atoms with E-state index in [1.54, 1.807) is 17.0 Å². The molecule has 26 heavy (non-hydrogen) atoms. The lowest BCUT2D eigenvalue weighted by Crippen LogP contribution is -2.45. The fraction of sp³-hybridized carbons (Fsp3) is 0.238. The molecule has 5 nitrogen and oxygen atoms in total. The topological polar surface area (TPSA) is 59.8 Å². The van der Waals surface area contributed by atoms with Crippen LogP contribution in [-0.2, 0) is 10.3 Å². The largest absolute Gasteiger partial charge is 0.451 e. The minimum Gasteiger partial charge on any atom is -0.451 e. The fourth-order valence-corrected chi connectivity index (χ4v) is 4.03. The highest BCUT2D eigenvalue weighted by atomic mass is 16.6. The summed E-state index contributed by atoms with van der Waals surface area (Å²) in [4.78, 5) is 26.7. The molecule has 1 saturated heterocycles. The highest BCUT2D eigenvalue weighted by Gasteiger charge is 2.47. The highest BCUT2D eigenvalue weighted by Crippen LogP contribution is 2.44. The van der Waals surface area contributed by atoms with Crippen molar-refractivity contribution >= 4 is 22.8 Å². The Balaban J connectivity index is 1.37. The van der Waals surface area contributed by atoms with E-state index in [1.807, 2.05) is 42.5 Å². The molecule has 130 valence electrons. The Morgan fingerprint density at radius 3 is 2.54 bits per heavy atom. The van der Waals surface area contributed by atoms with Crippen molar-refractivity contribution in [2.75, 3.05) is 13.1 Å². The lowest BCUT2D eigenvalue weighted by Gasteiger charge is -2.38. The minimum absolute atomic E-state index is 0.117. The number of rotatable bonds is 1. The van der Waals surface area contributed by atoms with Gasteiger partial charge in [-0.2, -0.15) is 0 Å². The monoisotopic (exact) mass is 347 g/mol. The van der Waals surface area contributed by atoms with E-state index in [9.17, 15) is 9.59 Å².